The van der Waals surface area contributed by atoms with Gasteiger partial charge in [-0.2, -0.15) is 12.6 Å². The predicted molar refractivity (Wildman–Crippen MR) is 66.3 cm³/mol. The number of hydrogen-bond acceptors (Lipinski definition) is 5. The molecule has 0 spiro atoms. The molecule has 0 fully saturated rings. The molecule has 1 aromatic rings. The molecule has 0 saturated heterocycles. The van der Waals surface area contributed by atoms with Gasteiger partial charge in [0.15, 0.2) is 11.5 Å². The molecule has 1 rings (SSSR count). The van der Waals surface area contributed by atoms with Gasteiger partial charge in [0, 0.05) is 20.5 Å². The van der Waals surface area contributed by atoms with E-state index in [2.05, 4.69) is 27.9 Å². The summed E-state index contributed by atoms with van der Waals surface area (Å²) in [7, 11) is 3.49. The maximum atomic E-state index is 11.5. The highest BCUT2D eigenvalue weighted by Crippen LogP contribution is 2.15. The summed E-state index contributed by atoms with van der Waals surface area (Å²) in [5, 5.41) is 2.53. The van der Waals surface area contributed by atoms with Crippen molar-refractivity contribution in [3.8, 4) is 0 Å². The molecule has 1 heterocycles. The molecule has 0 unspecified atom stereocenters. The fourth-order valence-corrected chi connectivity index (χ4v) is 1.35. The Morgan fingerprint density at radius 3 is 2.88 bits per heavy atom. The van der Waals surface area contributed by atoms with E-state index in [1.54, 1.807) is 19.0 Å². The summed E-state index contributed by atoms with van der Waals surface area (Å²) in [6, 6.07) is 0. The number of hydrogen-bond donors (Lipinski definition) is 3. The van der Waals surface area contributed by atoms with Crippen molar-refractivity contribution in [3.05, 3.63) is 16.7 Å². The summed E-state index contributed by atoms with van der Waals surface area (Å²) in [4.78, 5) is 31.0. The van der Waals surface area contributed by atoms with Gasteiger partial charge in [0.2, 0.25) is 5.91 Å². The van der Waals surface area contributed by atoms with Gasteiger partial charge < -0.3 is 15.2 Å². The maximum Gasteiger partial charge on any atom is 0.276 e. The van der Waals surface area contributed by atoms with Crippen LogP contribution in [0, 0.1) is 0 Å². The van der Waals surface area contributed by atoms with E-state index in [1.807, 2.05) is 0 Å². The number of aromatic nitrogens is 2. The molecule has 7 heteroatoms. The number of nitrogens with zero attached hydrogens (tertiary/aromatic N) is 2. The zero-order valence-electron chi connectivity index (χ0n) is 9.15. The minimum atomic E-state index is -0.369. The average molecular weight is 242 g/mol. The summed E-state index contributed by atoms with van der Waals surface area (Å²) >= 11 is 3.95. The zero-order valence-corrected chi connectivity index (χ0v) is 10.0. The lowest BCUT2D eigenvalue weighted by molar-refractivity contribution is -0.115. The Balaban J connectivity index is 3.02. The molecule has 0 saturated carbocycles. The molecular formula is C9H14N4O2S. The first-order valence-corrected chi connectivity index (χ1v) is 5.35. The molecule has 1 aromatic heterocycles. The first kappa shape index (κ1) is 12.6. The Morgan fingerprint density at radius 2 is 2.31 bits per heavy atom. The van der Waals surface area contributed by atoms with Crippen LogP contribution in [0.2, 0.25) is 0 Å². The lowest BCUT2D eigenvalue weighted by Gasteiger charge is -2.14. The van der Waals surface area contributed by atoms with Crippen molar-refractivity contribution in [1.29, 1.82) is 0 Å². The van der Waals surface area contributed by atoms with Gasteiger partial charge in [-0.15, -0.1) is 0 Å². The molecule has 0 aliphatic rings. The highest BCUT2D eigenvalue weighted by molar-refractivity contribution is 7.80. The summed E-state index contributed by atoms with van der Waals surface area (Å²) < 4.78 is 0. The molecular weight excluding hydrogens is 228 g/mol. The summed E-state index contributed by atoms with van der Waals surface area (Å²) in [6.07, 6.45) is 1.55. The molecule has 0 aliphatic heterocycles. The van der Waals surface area contributed by atoms with Gasteiger partial charge in [-0.3, -0.25) is 9.59 Å². The Labute approximate surface area is 98.5 Å². The van der Waals surface area contributed by atoms with E-state index in [9.17, 15) is 9.59 Å². The van der Waals surface area contributed by atoms with E-state index in [4.69, 9.17) is 0 Å². The van der Waals surface area contributed by atoms with Crippen LogP contribution in [0.15, 0.2) is 11.1 Å². The van der Waals surface area contributed by atoms with Crippen LogP contribution in [0.25, 0.3) is 0 Å². The number of amides is 1. The van der Waals surface area contributed by atoms with Gasteiger partial charge in [-0.25, -0.2) is 4.98 Å². The van der Waals surface area contributed by atoms with Gasteiger partial charge in [-0.1, -0.05) is 0 Å². The molecule has 0 aromatic carbocycles. The summed E-state index contributed by atoms with van der Waals surface area (Å²) in [5.74, 6) is 0.606. The van der Waals surface area contributed by atoms with Crippen LogP contribution < -0.4 is 15.8 Å². The molecule has 1 amide bonds. The van der Waals surface area contributed by atoms with Crippen LogP contribution in [-0.2, 0) is 4.79 Å². The number of carbonyl (C=O) groups excluding carboxylic acids is 1. The number of thiol groups is 1. The number of carbonyl (C=O) groups is 1. The van der Waals surface area contributed by atoms with Gasteiger partial charge >= 0.3 is 0 Å². The van der Waals surface area contributed by atoms with Crippen LogP contribution in [0.5, 0.6) is 0 Å². The van der Waals surface area contributed by atoms with Crippen LogP contribution in [0.3, 0.4) is 0 Å². The minimum Gasteiger partial charge on any atom is -0.361 e. The summed E-state index contributed by atoms with van der Waals surface area (Å²) in [6.45, 7) is 0. The van der Waals surface area contributed by atoms with Crippen molar-refractivity contribution in [1.82, 2.24) is 9.97 Å². The highest BCUT2D eigenvalue weighted by atomic mass is 32.1. The fraction of sp³-hybridized carbons (Fsp3) is 0.444. The van der Waals surface area contributed by atoms with Crippen LogP contribution in [-0.4, -0.2) is 35.7 Å². The number of rotatable bonds is 4. The number of H-pyrrole nitrogens is 1. The third-order valence-electron chi connectivity index (χ3n) is 1.86. The smallest absolute Gasteiger partial charge is 0.276 e. The number of anilines is 2. The second-order valence-electron chi connectivity index (χ2n) is 3.35. The molecule has 2 N–H and O–H groups in total. The lowest BCUT2D eigenvalue weighted by Crippen LogP contribution is -2.25. The van der Waals surface area contributed by atoms with Crippen molar-refractivity contribution in [2.45, 2.75) is 6.42 Å². The quantitative estimate of drug-likeness (QED) is 0.654. The highest BCUT2D eigenvalue weighted by Gasteiger charge is 2.12. The molecule has 88 valence electrons. The predicted octanol–water partition coefficient (Wildman–Crippen LogP) is 0.0943. The topological polar surface area (TPSA) is 78.1 Å². The molecule has 0 radical (unpaired) electrons. The number of nitrogens with one attached hydrogen (secondary N) is 2. The van der Waals surface area contributed by atoms with Crippen molar-refractivity contribution >= 4 is 30.0 Å². The van der Waals surface area contributed by atoms with Crippen LogP contribution >= 0.6 is 12.6 Å². The standard InChI is InChI=1S/C9H14N4O2S/c1-13(2)8-7(9(15)11-5-10-8)12-6(14)3-4-16/h5,16H,3-4H2,1-2H3,(H,12,14)(H,10,11,15). The Morgan fingerprint density at radius 1 is 1.62 bits per heavy atom. The minimum absolute atomic E-state index is 0.166. The molecule has 0 bridgehead atoms. The fourth-order valence-electron chi connectivity index (χ4n) is 1.15. The Kier molecular flexibility index (Phi) is 4.36. The third-order valence-corrected chi connectivity index (χ3v) is 2.08. The average Bonchev–Trinajstić information content (AvgIpc) is 2.21. The van der Waals surface area contributed by atoms with E-state index < -0.39 is 0 Å². The van der Waals surface area contributed by atoms with E-state index in [-0.39, 0.29) is 23.6 Å². The maximum absolute atomic E-state index is 11.5. The van der Waals surface area contributed by atoms with Crippen molar-refractivity contribution in [3.63, 3.8) is 0 Å². The van der Waals surface area contributed by atoms with Crippen LogP contribution in [0.1, 0.15) is 6.42 Å². The van der Waals surface area contributed by atoms with Gasteiger partial charge in [-0.05, 0) is 5.75 Å². The molecule has 6 nitrogen and oxygen atoms in total. The van der Waals surface area contributed by atoms with Crippen molar-refractivity contribution in [2.24, 2.45) is 0 Å². The van der Waals surface area contributed by atoms with Gasteiger partial charge in [0.25, 0.3) is 5.56 Å². The second-order valence-corrected chi connectivity index (χ2v) is 3.79. The number of aromatic amines is 1. The van der Waals surface area contributed by atoms with E-state index >= 15 is 0 Å². The third kappa shape index (κ3) is 2.99. The normalized spacial score (nSPS) is 9.94. The molecule has 0 atom stereocenters. The first-order valence-electron chi connectivity index (χ1n) is 4.72. The largest absolute Gasteiger partial charge is 0.361 e. The monoisotopic (exact) mass is 242 g/mol. The molecule has 16 heavy (non-hydrogen) atoms. The molecule has 0 aliphatic carbocycles. The Hall–Kier alpha value is -1.50. The first-order chi connectivity index (χ1) is 7.56. The SMILES string of the molecule is CN(C)c1nc[nH]c(=O)c1NC(=O)CCS. The van der Waals surface area contributed by atoms with Gasteiger partial charge in [0.1, 0.15) is 0 Å². The second kappa shape index (κ2) is 5.55. The van der Waals surface area contributed by atoms with E-state index in [1.165, 1.54) is 6.33 Å². The zero-order chi connectivity index (χ0) is 12.1. The summed E-state index contributed by atoms with van der Waals surface area (Å²) in [5.41, 5.74) is -0.203. The van der Waals surface area contributed by atoms with E-state index in [0.29, 0.717) is 11.6 Å². The van der Waals surface area contributed by atoms with E-state index in [0.717, 1.165) is 0 Å². The lowest BCUT2D eigenvalue weighted by atomic mass is 10.4. The van der Waals surface area contributed by atoms with Crippen LogP contribution in [0.4, 0.5) is 11.5 Å². The Bertz CT molecular complexity index is 430. The van der Waals surface area contributed by atoms with Gasteiger partial charge in [0.05, 0.1) is 6.33 Å². The van der Waals surface area contributed by atoms with Crippen molar-refractivity contribution in [2.75, 3.05) is 30.1 Å². The van der Waals surface area contributed by atoms with Crippen molar-refractivity contribution < 1.29 is 4.79 Å².